The van der Waals surface area contributed by atoms with E-state index in [0.717, 1.165) is 0 Å². The lowest BCUT2D eigenvalue weighted by Crippen LogP contribution is -1.83. The van der Waals surface area contributed by atoms with Gasteiger partial charge in [-0.3, -0.25) is 0 Å². The zero-order valence-electron chi connectivity index (χ0n) is 5.77. The first-order valence-corrected chi connectivity index (χ1v) is 4.07. The third kappa shape index (κ3) is 1.95. The molecule has 0 saturated heterocycles. The van der Waals surface area contributed by atoms with Crippen LogP contribution >= 0.6 is 35.8 Å². The first-order chi connectivity index (χ1) is 5.15. The molecule has 0 aromatic heterocycles. The Kier molecular flexibility index (Phi) is 2.93. The highest BCUT2D eigenvalue weighted by atomic mass is 35.5. The summed E-state index contributed by atoms with van der Waals surface area (Å²) in [4.78, 5) is 0.621. The van der Waals surface area contributed by atoms with Crippen LogP contribution in [0.15, 0.2) is 17.0 Å². The Morgan fingerprint density at radius 2 is 2.00 bits per heavy atom. The maximum atomic E-state index is 5.74. The van der Waals surface area contributed by atoms with Crippen LogP contribution in [0.1, 0.15) is 0 Å². The van der Waals surface area contributed by atoms with Crippen LogP contribution in [0.4, 0.5) is 0 Å². The Labute approximate surface area is 80.7 Å². The molecule has 0 fully saturated rings. The third-order valence-corrected chi connectivity index (χ3v) is 2.50. The first-order valence-electron chi connectivity index (χ1n) is 2.87. The van der Waals surface area contributed by atoms with E-state index in [0.29, 0.717) is 20.7 Å². The molecular weight excluding hydrogens is 203 g/mol. The van der Waals surface area contributed by atoms with Crippen LogP contribution < -0.4 is 4.74 Å². The normalized spacial score (nSPS) is 9.82. The largest absolute Gasteiger partial charge is 0.497 e. The van der Waals surface area contributed by atoms with Gasteiger partial charge in [-0.05, 0) is 6.07 Å². The van der Waals surface area contributed by atoms with Crippen LogP contribution in [-0.2, 0) is 0 Å². The average molecular weight is 209 g/mol. The minimum absolute atomic E-state index is 0.454. The average Bonchev–Trinajstić information content (AvgIpc) is 1.99. The summed E-state index contributed by atoms with van der Waals surface area (Å²) >= 11 is 15.6. The topological polar surface area (TPSA) is 9.23 Å². The fourth-order valence-electron chi connectivity index (χ4n) is 0.668. The van der Waals surface area contributed by atoms with E-state index in [1.807, 2.05) is 0 Å². The molecule has 0 N–H and O–H groups in total. The van der Waals surface area contributed by atoms with Gasteiger partial charge in [0.05, 0.1) is 17.2 Å². The van der Waals surface area contributed by atoms with Crippen LogP contribution in [0, 0.1) is 0 Å². The number of rotatable bonds is 1. The fraction of sp³-hybridized carbons (Fsp3) is 0.143. The van der Waals surface area contributed by atoms with Gasteiger partial charge in [0.1, 0.15) is 5.75 Å². The minimum atomic E-state index is 0.454. The summed E-state index contributed by atoms with van der Waals surface area (Å²) in [5, 5.41) is 0.909. The Balaban J connectivity index is 3.21. The molecule has 0 aliphatic carbocycles. The summed E-state index contributed by atoms with van der Waals surface area (Å²) in [5.74, 6) is 0.657. The highest BCUT2D eigenvalue weighted by molar-refractivity contribution is 7.80. The van der Waals surface area contributed by atoms with E-state index in [2.05, 4.69) is 12.6 Å². The molecule has 11 heavy (non-hydrogen) atoms. The van der Waals surface area contributed by atoms with Crippen LogP contribution in [0.2, 0.25) is 10.0 Å². The molecular formula is C7H6Cl2OS. The number of hydrogen-bond acceptors (Lipinski definition) is 2. The van der Waals surface area contributed by atoms with Crippen molar-refractivity contribution in [1.29, 1.82) is 0 Å². The van der Waals surface area contributed by atoms with Gasteiger partial charge in [-0.25, -0.2) is 0 Å². The van der Waals surface area contributed by atoms with Crippen molar-refractivity contribution in [2.24, 2.45) is 0 Å². The maximum Gasteiger partial charge on any atom is 0.121 e. The summed E-state index contributed by atoms with van der Waals surface area (Å²) in [5.41, 5.74) is 0. The maximum absolute atomic E-state index is 5.74. The van der Waals surface area contributed by atoms with Crippen molar-refractivity contribution < 1.29 is 4.74 Å². The predicted molar refractivity (Wildman–Crippen MR) is 50.3 cm³/mol. The van der Waals surface area contributed by atoms with Gasteiger partial charge >= 0.3 is 0 Å². The molecule has 1 rings (SSSR count). The molecule has 1 aromatic rings. The Bertz CT molecular complexity index is 252. The molecule has 0 aliphatic heterocycles. The Morgan fingerprint density at radius 1 is 1.36 bits per heavy atom. The van der Waals surface area contributed by atoms with Crippen molar-refractivity contribution in [3.05, 3.63) is 22.2 Å². The quantitative estimate of drug-likeness (QED) is 0.698. The van der Waals surface area contributed by atoms with Gasteiger partial charge < -0.3 is 4.74 Å². The molecule has 0 atom stereocenters. The number of methoxy groups -OCH3 is 1. The lowest BCUT2D eigenvalue weighted by atomic mass is 10.3. The predicted octanol–water partition coefficient (Wildman–Crippen LogP) is 3.29. The number of halogens is 2. The minimum Gasteiger partial charge on any atom is -0.497 e. The molecule has 0 radical (unpaired) electrons. The van der Waals surface area contributed by atoms with Crippen molar-refractivity contribution in [2.45, 2.75) is 4.90 Å². The van der Waals surface area contributed by atoms with Gasteiger partial charge in [0, 0.05) is 11.0 Å². The van der Waals surface area contributed by atoms with Crippen molar-refractivity contribution in [3.63, 3.8) is 0 Å². The fourth-order valence-corrected chi connectivity index (χ4v) is 1.30. The van der Waals surface area contributed by atoms with Crippen LogP contribution in [0.3, 0.4) is 0 Å². The van der Waals surface area contributed by atoms with Gasteiger partial charge in [-0.1, -0.05) is 23.2 Å². The van der Waals surface area contributed by atoms with Crippen molar-refractivity contribution in [1.82, 2.24) is 0 Å². The Morgan fingerprint density at radius 3 is 2.45 bits per heavy atom. The van der Waals surface area contributed by atoms with E-state index in [-0.39, 0.29) is 0 Å². The SMILES string of the molecule is COc1cc(S)c(Cl)c(Cl)c1. The summed E-state index contributed by atoms with van der Waals surface area (Å²) in [6.07, 6.45) is 0. The number of ether oxygens (including phenoxy) is 1. The Hall–Kier alpha value is -0.0500. The molecule has 0 heterocycles. The monoisotopic (exact) mass is 208 g/mol. The van der Waals surface area contributed by atoms with Crippen LogP contribution in [0.25, 0.3) is 0 Å². The summed E-state index contributed by atoms with van der Waals surface area (Å²) < 4.78 is 4.94. The molecule has 0 aliphatic rings. The van der Waals surface area contributed by atoms with Gasteiger partial charge in [0.15, 0.2) is 0 Å². The smallest absolute Gasteiger partial charge is 0.121 e. The summed E-state index contributed by atoms with van der Waals surface area (Å²) in [7, 11) is 1.56. The van der Waals surface area contributed by atoms with Crippen molar-refractivity contribution in [3.8, 4) is 5.75 Å². The second-order valence-electron chi connectivity index (χ2n) is 1.94. The molecule has 0 saturated carbocycles. The number of thiol groups is 1. The van der Waals surface area contributed by atoms with E-state index < -0.39 is 0 Å². The van der Waals surface area contributed by atoms with E-state index in [1.54, 1.807) is 19.2 Å². The zero-order valence-corrected chi connectivity index (χ0v) is 8.17. The van der Waals surface area contributed by atoms with E-state index >= 15 is 0 Å². The summed E-state index contributed by atoms with van der Waals surface area (Å²) in [6, 6.07) is 3.35. The van der Waals surface area contributed by atoms with E-state index in [9.17, 15) is 0 Å². The van der Waals surface area contributed by atoms with Gasteiger partial charge in [0.2, 0.25) is 0 Å². The standard InChI is InChI=1S/C7H6Cl2OS/c1-10-4-2-5(8)7(9)6(11)3-4/h2-3,11H,1H3. The van der Waals surface area contributed by atoms with Gasteiger partial charge in [0.25, 0.3) is 0 Å². The molecule has 0 spiro atoms. The molecule has 0 amide bonds. The van der Waals surface area contributed by atoms with Gasteiger partial charge in [-0.2, -0.15) is 0 Å². The van der Waals surface area contributed by atoms with E-state index in [1.165, 1.54) is 0 Å². The van der Waals surface area contributed by atoms with Crippen molar-refractivity contribution in [2.75, 3.05) is 7.11 Å². The molecule has 60 valence electrons. The second-order valence-corrected chi connectivity index (χ2v) is 3.21. The molecule has 1 aromatic carbocycles. The third-order valence-electron chi connectivity index (χ3n) is 1.22. The lowest BCUT2D eigenvalue weighted by molar-refractivity contribution is 0.414. The zero-order chi connectivity index (χ0) is 8.43. The highest BCUT2D eigenvalue weighted by Crippen LogP contribution is 2.32. The molecule has 4 heteroatoms. The van der Waals surface area contributed by atoms with E-state index in [4.69, 9.17) is 27.9 Å². The van der Waals surface area contributed by atoms with Crippen LogP contribution in [0.5, 0.6) is 5.75 Å². The molecule has 1 nitrogen and oxygen atoms in total. The van der Waals surface area contributed by atoms with Gasteiger partial charge in [-0.15, -0.1) is 12.6 Å². The molecule has 0 bridgehead atoms. The lowest BCUT2D eigenvalue weighted by Gasteiger charge is -2.03. The van der Waals surface area contributed by atoms with Crippen LogP contribution in [-0.4, -0.2) is 7.11 Å². The highest BCUT2D eigenvalue weighted by Gasteiger charge is 2.03. The van der Waals surface area contributed by atoms with Crippen molar-refractivity contribution >= 4 is 35.8 Å². The second kappa shape index (κ2) is 3.57. The molecule has 0 unspecified atom stereocenters. The summed E-state index contributed by atoms with van der Waals surface area (Å²) in [6.45, 7) is 0. The number of benzene rings is 1. The first kappa shape index (κ1) is 9.04. The number of hydrogen-bond donors (Lipinski definition) is 1.